The van der Waals surface area contributed by atoms with E-state index in [0.29, 0.717) is 42.1 Å². The van der Waals surface area contributed by atoms with E-state index >= 15 is 0 Å². The highest BCUT2D eigenvalue weighted by Gasteiger charge is 2.25. The Labute approximate surface area is 156 Å². The van der Waals surface area contributed by atoms with Crippen LogP contribution in [0.1, 0.15) is 23.2 Å². The molecule has 0 spiro atoms. The maximum Gasteiger partial charge on any atom is 0.255 e. The maximum atomic E-state index is 12.6. The van der Waals surface area contributed by atoms with Gasteiger partial charge in [0.15, 0.2) is 5.65 Å². The van der Waals surface area contributed by atoms with Crippen LogP contribution in [-0.4, -0.2) is 45.1 Å². The maximum absolute atomic E-state index is 12.6. The summed E-state index contributed by atoms with van der Waals surface area (Å²) in [6, 6.07) is 10.9. The number of carbonyl (C=O) groups excluding carboxylic acids is 1. The Hall–Kier alpha value is -2.60. The lowest BCUT2D eigenvalue weighted by Gasteiger charge is -2.32. The monoisotopic (exact) mass is 370 g/mol. The number of likely N-dealkylation sites (tertiary alicyclic amines) is 1. The number of benzene rings is 1. The number of rotatable bonds is 4. The minimum Gasteiger partial charge on any atom is -0.476 e. The second-order valence-corrected chi connectivity index (χ2v) is 6.84. The SMILES string of the molecule is O=C(c1ccccc1Cl)N1CCC(COc2ccc3nccn3n2)CC1. The average Bonchev–Trinajstić information content (AvgIpc) is 3.14. The van der Waals surface area contributed by atoms with Crippen LogP contribution in [0.3, 0.4) is 0 Å². The molecular formula is C19H19ClN4O2. The first-order valence-corrected chi connectivity index (χ1v) is 9.05. The lowest BCUT2D eigenvalue weighted by Crippen LogP contribution is -2.39. The van der Waals surface area contributed by atoms with Crippen LogP contribution in [0.25, 0.3) is 5.65 Å². The number of fused-ring (bicyclic) bond motifs is 1. The Morgan fingerprint density at radius 2 is 2.00 bits per heavy atom. The summed E-state index contributed by atoms with van der Waals surface area (Å²) in [5.74, 6) is 0.998. The summed E-state index contributed by atoms with van der Waals surface area (Å²) >= 11 is 6.14. The van der Waals surface area contributed by atoms with Gasteiger partial charge in [0.2, 0.25) is 5.88 Å². The zero-order valence-electron chi connectivity index (χ0n) is 14.2. The highest BCUT2D eigenvalue weighted by molar-refractivity contribution is 6.33. The van der Waals surface area contributed by atoms with Crippen LogP contribution in [0, 0.1) is 5.92 Å². The third-order valence-corrected chi connectivity index (χ3v) is 5.03. The quantitative estimate of drug-likeness (QED) is 0.707. The summed E-state index contributed by atoms with van der Waals surface area (Å²) in [5, 5.41) is 4.87. The highest BCUT2D eigenvalue weighted by Crippen LogP contribution is 2.23. The number of hydrogen-bond acceptors (Lipinski definition) is 4. The van der Waals surface area contributed by atoms with Crippen LogP contribution in [0.15, 0.2) is 48.8 Å². The van der Waals surface area contributed by atoms with Crippen molar-refractivity contribution in [3.8, 4) is 5.88 Å². The van der Waals surface area contributed by atoms with Gasteiger partial charge in [-0.3, -0.25) is 4.79 Å². The lowest BCUT2D eigenvalue weighted by atomic mass is 9.97. The number of halogens is 1. The molecule has 1 aliphatic rings. The molecular weight excluding hydrogens is 352 g/mol. The van der Waals surface area contributed by atoms with Crippen LogP contribution >= 0.6 is 11.6 Å². The molecule has 1 amide bonds. The van der Waals surface area contributed by atoms with Crippen molar-refractivity contribution in [1.29, 1.82) is 0 Å². The van der Waals surface area contributed by atoms with Crippen molar-refractivity contribution in [3.63, 3.8) is 0 Å². The molecule has 26 heavy (non-hydrogen) atoms. The number of hydrogen-bond donors (Lipinski definition) is 0. The van der Waals surface area contributed by atoms with Crippen molar-refractivity contribution in [2.45, 2.75) is 12.8 Å². The Kier molecular flexibility index (Phi) is 4.75. The van der Waals surface area contributed by atoms with Crippen LogP contribution in [0.4, 0.5) is 0 Å². The third kappa shape index (κ3) is 3.51. The van der Waals surface area contributed by atoms with Crippen LogP contribution in [0.5, 0.6) is 5.88 Å². The second-order valence-electron chi connectivity index (χ2n) is 6.43. The zero-order valence-corrected chi connectivity index (χ0v) is 15.0. The first-order valence-electron chi connectivity index (χ1n) is 8.68. The van der Waals surface area contributed by atoms with E-state index in [1.807, 2.05) is 29.2 Å². The Balaban J connectivity index is 1.31. The molecule has 3 heterocycles. The van der Waals surface area contributed by atoms with Gasteiger partial charge in [-0.1, -0.05) is 23.7 Å². The molecule has 4 rings (SSSR count). The van der Waals surface area contributed by atoms with Crippen molar-refractivity contribution in [2.24, 2.45) is 5.92 Å². The highest BCUT2D eigenvalue weighted by atomic mass is 35.5. The number of imidazole rings is 1. The van der Waals surface area contributed by atoms with Gasteiger partial charge >= 0.3 is 0 Å². The Morgan fingerprint density at radius 3 is 2.81 bits per heavy atom. The predicted octanol–water partition coefficient (Wildman–Crippen LogP) is 3.31. The van der Waals surface area contributed by atoms with E-state index in [4.69, 9.17) is 16.3 Å². The molecule has 0 bridgehead atoms. The fourth-order valence-corrected chi connectivity index (χ4v) is 3.40. The molecule has 0 atom stereocenters. The number of carbonyl (C=O) groups is 1. The summed E-state index contributed by atoms with van der Waals surface area (Å²) in [4.78, 5) is 18.6. The van der Waals surface area contributed by atoms with Gasteiger partial charge < -0.3 is 9.64 Å². The Bertz CT molecular complexity index is 919. The van der Waals surface area contributed by atoms with E-state index in [9.17, 15) is 4.79 Å². The van der Waals surface area contributed by atoms with Gasteiger partial charge in [0.05, 0.1) is 17.2 Å². The zero-order chi connectivity index (χ0) is 17.9. The van der Waals surface area contributed by atoms with Gasteiger partial charge in [-0.25, -0.2) is 9.50 Å². The number of piperidine rings is 1. The summed E-state index contributed by atoms with van der Waals surface area (Å²) in [6.07, 6.45) is 5.31. The molecule has 0 N–H and O–H groups in total. The van der Waals surface area contributed by atoms with Crippen molar-refractivity contribution >= 4 is 23.2 Å². The van der Waals surface area contributed by atoms with Gasteiger partial charge in [0.25, 0.3) is 5.91 Å². The minimum absolute atomic E-state index is 0.00203. The van der Waals surface area contributed by atoms with Gasteiger partial charge in [-0.05, 0) is 37.0 Å². The fraction of sp³-hybridized carbons (Fsp3) is 0.316. The standard InChI is InChI=1S/C19H19ClN4O2/c20-16-4-2-1-3-15(16)19(25)23-10-7-14(8-11-23)13-26-18-6-5-17-21-9-12-24(17)22-18/h1-6,9,12,14H,7-8,10-11,13H2. The van der Waals surface area contributed by atoms with Gasteiger partial charge in [0.1, 0.15) is 0 Å². The van der Waals surface area contributed by atoms with Crippen molar-refractivity contribution in [2.75, 3.05) is 19.7 Å². The third-order valence-electron chi connectivity index (χ3n) is 4.70. The smallest absolute Gasteiger partial charge is 0.255 e. The van der Waals surface area contributed by atoms with E-state index in [0.717, 1.165) is 18.5 Å². The molecule has 134 valence electrons. The van der Waals surface area contributed by atoms with E-state index in [-0.39, 0.29) is 5.91 Å². The number of ether oxygens (including phenoxy) is 1. The van der Waals surface area contributed by atoms with E-state index in [2.05, 4.69) is 10.1 Å². The van der Waals surface area contributed by atoms with E-state index in [1.165, 1.54) is 0 Å². The van der Waals surface area contributed by atoms with Crippen molar-refractivity contribution in [3.05, 3.63) is 59.4 Å². The van der Waals surface area contributed by atoms with Crippen LogP contribution in [0.2, 0.25) is 5.02 Å². The van der Waals surface area contributed by atoms with Gasteiger partial charge in [-0.2, -0.15) is 0 Å². The molecule has 0 unspecified atom stereocenters. The van der Waals surface area contributed by atoms with Gasteiger partial charge in [-0.15, -0.1) is 5.10 Å². The molecule has 1 aliphatic heterocycles. The minimum atomic E-state index is 0.00203. The molecule has 3 aromatic rings. The Morgan fingerprint density at radius 1 is 1.19 bits per heavy atom. The van der Waals surface area contributed by atoms with Crippen molar-refractivity contribution in [1.82, 2.24) is 19.5 Å². The summed E-state index contributed by atoms with van der Waals surface area (Å²) in [7, 11) is 0. The molecule has 0 aliphatic carbocycles. The van der Waals surface area contributed by atoms with Crippen molar-refractivity contribution < 1.29 is 9.53 Å². The van der Waals surface area contributed by atoms with Gasteiger partial charge in [0, 0.05) is 31.5 Å². The number of nitrogens with zero attached hydrogens (tertiary/aromatic N) is 4. The summed E-state index contributed by atoms with van der Waals surface area (Å²) in [5.41, 5.74) is 1.37. The molecule has 7 heteroatoms. The summed E-state index contributed by atoms with van der Waals surface area (Å²) < 4.78 is 7.53. The normalized spacial score (nSPS) is 15.3. The fourth-order valence-electron chi connectivity index (χ4n) is 3.19. The molecule has 0 saturated carbocycles. The molecule has 1 aromatic carbocycles. The number of aromatic nitrogens is 3. The van der Waals surface area contributed by atoms with E-state index in [1.54, 1.807) is 29.0 Å². The topological polar surface area (TPSA) is 59.7 Å². The lowest BCUT2D eigenvalue weighted by molar-refractivity contribution is 0.0659. The molecule has 0 radical (unpaired) electrons. The van der Waals surface area contributed by atoms with E-state index < -0.39 is 0 Å². The first-order chi connectivity index (χ1) is 12.7. The van der Waals surface area contributed by atoms with Crippen LogP contribution < -0.4 is 4.74 Å². The molecule has 6 nitrogen and oxygen atoms in total. The summed E-state index contributed by atoms with van der Waals surface area (Å²) in [6.45, 7) is 2.03. The largest absolute Gasteiger partial charge is 0.476 e. The average molecular weight is 371 g/mol. The molecule has 1 fully saturated rings. The second kappa shape index (κ2) is 7.33. The first kappa shape index (κ1) is 16.8. The predicted molar refractivity (Wildman–Crippen MR) is 98.6 cm³/mol. The molecule has 1 saturated heterocycles. The molecule has 2 aromatic heterocycles. The van der Waals surface area contributed by atoms with Crippen LogP contribution in [-0.2, 0) is 0 Å². The number of amides is 1.